The molecule has 136 valence electrons. The van der Waals surface area contributed by atoms with E-state index in [0.29, 0.717) is 11.5 Å². The zero-order chi connectivity index (χ0) is 18.7. The lowest BCUT2D eigenvalue weighted by Gasteiger charge is -2.14. The van der Waals surface area contributed by atoms with Gasteiger partial charge in [0.05, 0.1) is 15.6 Å². The van der Waals surface area contributed by atoms with Gasteiger partial charge in [-0.15, -0.1) is 0 Å². The van der Waals surface area contributed by atoms with Gasteiger partial charge in [-0.1, -0.05) is 35.3 Å². The Morgan fingerprint density at radius 3 is 2.77 bits per heavy atom. The average molecular weight is 396 g/mol. The van der Waals surface area contributed by atoms with Gasteiger partial charge in [-0.3, -0.25) is 4.79 Å². The smallest absolute Gasteiger partial charge is 0.340 e. The zero-order valence-corrected chi connectivity index (χ0v) is 15.3. The van der Waals surface area contributed by atoms with Crippen LogP contribution in [0.5, 0.6) is 11.5 Å². The fraction of sp³-hybridized carbons (Fsp3) is 0.222. The van der Waals surface area contributed by atoms with Gasteiger partial charge in [-0.2, -0.15) is 0 Å². The minimum absolute atomic E-state index is 0.0899. The van der Waals surface area contributed by atoms with Gasteiger partial charge in [0.25, 0.3) is 5.91 Å². The van der Waals surface area contributed by atoms with Crippen molar-refractivity contribution >= 4 is 35.1 Å². The maximum Gasteiger partial charge on any atom is 0.340 e. The van der Waals surface area contributed by atoms with Gasteiger partial charge in [0.1, 0.15) is 0 Å². The van der Waals surface area contributed by atoms with Crippen molar-refractivity contribution < 1.29 is 23.8 Å². The Morgan fingerprint density at radius 1 is 1.19 bits per heavy atom. The van der Waals surface area contributed by atoms with Gasteiger partial charge >= 0.3 is 5.97 Å². The van der Waals surface area contributed by atoms with Crippen LogP contribution >= 0.6 is 23.2 Å². The fourth-order valence-electron chi connectivity index (χ4n) is 2.32. The summed E-state index contributed by atoms with van der Waals surface area (Å²) in [5.74, 6) is 0.144. The van der Waals surface area contributed by atoms with Crippen LogP contribution in [0.15, 0.2) is 36.4 Å². The Labute approximate surface area is 159 Å². The number of rotatable bonds is 5. The molecule has 6 nitrogen and oxygen atoms in total. The summed E-state index contributed by atoms with van der Waals surface area (Å²) in [7, 11) is 0. The molecule has 1 atom stereocenters. The number of nitrogens with one attached hydrogen (secondary N) is 1. The van der Waals surface area contributed by atoms with Crippen LogP contribution in [0, 0.1) is 0 Å². The zero-order valence-electron chi connectivity index (χ0n) is 13.8. The molecule has 1 amide bonds. The molecule has 2 aromatic rings. The van der Waals surface area contributed by atoms with Crippen molar-refractivity contribution in [2.45, 2.75) is 19.6 Å². The Hall–Kier alpha value is -2.44. The Balaban J connectivity index is 1.56. The molecular weight excluding hydrogens is 381 g/mol. The minimum atomic E-state index is -0.994. The molecule has 1 aliphatic rings. The SMILES string of the molecule is CC(OC(=O)c1cccc(Cl)c1Cl)C(=O)NCc1ccc2c(c1)OCO2. The maximum absolute atomic E-state index is 12.2. The summed E-state index contributed by atoms with van der Waals surface area (Å²) < 4.78 is 15.7. The summed E-state index contributed by atoms with van der Waals surface area (Å²) in [5, 5.41) is 3.03. The Morgan fingerprint density at radius 2 is 1.96 bits per heavy atom. The van der Waals surface area contributed by atoms with Crippen molar-refractivity contribution in [3.63, 3.8) is 0 Å². The van der Waals surface area contributed by atoms with E-state index in [9.17, 15) is 9.59 Å². The third kappa shape index (κ3) is 4.03. The summed E-state index contributed by atoms with van der Waals surface area (Å²) in [6, 6.07) is 9.99. The highest BCUT2D eigenvalue weighted by Gasteiger charge is 2.21. The second-order valence-electron chi connectivity index (χ2n) is 5.55. The standard InChI is InChI=1S/C18H15Cl2NO5/c1-10(26-18(23)12-3-2-4-13(19)16(12)20)17(22)21-8-11-5-6-14-15(7-11)25-9-24-14/h2-7,10H,8-9H2,1H3,(H,21,22). The number of carbonyl (C=O) groups excluding carboxylic acids is 2. The molecule has 8 heteroatoms. The summed E-state index contributed by atoms with van der Waals surface area (Å²) in [6.45, 7) is 1.92. The molecule has 0 bridgehead atoms. The van der Waals surface area contributed by atoms with Crippen molar-refractivity contribution in [1.29, 1.82) is 0 Å². The van der Waals surface area contributed by atoms with E-state index < -0.39 is 18.0 Å². The van der Waals surface area contributed by atoms with Crippen molar-refractivity contribution in [1.82, 2.24) is 5.32 Å². The van der Waals surface area contributed by atoms with Crippen molar-refractivity contribution in [3.05, 3.63) is 57.6 Å². The quantitative estimate of drug-likeness (QED) is 0.783. The predicted molar refractivity (Wildman–Crippen MR) is 95.8 cm³/mol. The number of benzene rings is 2. The second-order valence-corrected chi connectivity index (χ2v) is 6.34. The largest absolute Gasteiger partial charge is 0.454 e. The second kappa shape index (κ2) is 7.85. The summed E-state index contributed by atoms with van der Waals surface area (Å²) >= 11 is 11.9. The van der Waals surface area contributed by atoms with E-state index in [-0.39, 0.29) is 28.9 Å². The van der Waals surface area contributed by atoms with Crippen LogP contribution in [0.1, 0.15) is 22.8 Å². The molecule has 0 saturated carbocycles. The van der Waals surface area contributed by atoms with E-state index in [1.807, 2.05) is 6.07 Å². The van der Waals surface area contributed by atoms with E-state index in [0.717, 1.165) is 5.56 Å². The number of carbonyl (C=O) groups is 2. The number of ether oxygens (including phenoxy) is 3. The number of hydrogen-bond donors (Lipinski definition) is 1. The third-order valence-corrected chi connectivity index (χ3v) is 4.55. The topological polar surface area (TPSA) is 73.9 Å². The van der Waals surface area contributed by atoms with Gasteiger partial charge in [0.2, 0.25) is 6.79 Å². The predicted octanol–water partition coefficient (Wildman–Crippen LogP) is 3.58. The monoisotopic (exact) mass is 395 g/mol. The van der Waals surface area contributed by atoms with Crippen molar-refractivity contribution in [2.24, 2.45) is 0 Å². The summed E-state index contributed by atoms with van der Waals surface area (Å²) in [4.78, 5) is 24.3. The highest BCUT2D eigenvalue weighted by molar-refractivity contribution is 6.43. The normalized spacial score (nSPS) is 13.2. The molecule has 1 unspecified atom stereocenters. The molecule has 1 aliphatic heterocycles. The molecular formula is C18H15Cl2NO5. The van der Waals surface area contributed by atoms with E-state index in [1.54, 1.807) is 24.3 Å². The molecule has 2 aromatic carbocycles. The molecule has 1 heterocycles. The highest BCUT2D eigenvalue weighted by Crippen LogP contribution is 2.32. The molecule has 0 fully saturated rings. The first-order chi connectivity index (χ1) is 12.5. The number of fused-ring (bicyclic) bond motifs is 1. The molecule has 26 heavy (non-hydrogen) atoms. The fourth-order valence-corrected chi connectivity index (χ4v) is 2.70. The minimum Gasteiger partial charge on any atom is -0.454 e. The van der Waals surface area contributed by atoms with Gasteiger partial charge < -0.3 is 19.5 Å². The Kier molecular flexibility index (Phi) is 5.54. The van der Waals surface area contributed by atoms with E-state index in [1.165, 1.54) is 13.0 Å². The highest BCUT2D eigenvalue weighted by atomic mass is 35.5. The average Bonchev–Trinajstić information content (AvgIpc) is 3.09. The molecule has 0 aliphatic carbocycles. The molecule has 0 aromatic heterocycles. The van der Waals surface area contributed by atoms with Crippen molar-refractivity contribution in [3.8, 4) is 11.5 Å². The van der Waals surface area contributed by atoms with E-state index in [2.05, 4.69) is 5.32 Å². The third-order valence-electron chi connectivity index (χ3n) is 3.73. The van der Waals surface area contributed by atoms with Crippen LogP contribution in [0.2, 0.25) is 10.0 Å². The van der Waals surface area contributed by atoms with Crippen LogP contribution < -0.4 is 14.8 Å². The lowest BCUT2D eigenvalue weighted by atomic mass is 10.2. The van der Waals surface area contributed by atoms with Crippen LogP contribution in [-0.2, 0) is 16.1 Å². The first kappa shape index (κ1) is 18.4. The van der Waals surface area contributed by atoms with Gasteiger partial charge in [-0.05, 0) is 36.8 Å². The molecule has 1 N–H and O–H groups in total. The molecule has 0 radical (unpaired) electrons. The van der Waals surface area contributed by atoms with E-state index in [4.69, 9.17) is 37.4 Å². The summed E-state index contributed by atoms with van der Waals surface area (Å²) in [5.41, 5.74) is 0.939. The van der Waals surface area contributed by atoms with E-state index >= 15 is 0 Å². The van der Waals surface area contributed by atoms with Crippen molar-refractivity contribution in [2.75, 3.05) is 6.79 Å². The van der Waals surface area contributed by atoms with Crippen LogP contribution in [-0.4, -0.2) is 24.8 Å². The number of amides is 1. The number of hydrogen-bond acceptors (Lipinski definition) is 5. The number of halogens is 2. The van der Waals surface area contributed by atoms with Crippen LogP contribution in [0.3, 0.4) is 0 Å². The lowest BCUT2D eigenvalue weighted by Crippen LogP contribution is -2.35. The Bertz CT molecular complexity index is 855. The molecule has 0 saturated heterocycles. The molecule has 3 rings (SSSR count). The first-order valence-electron chi connectivity index (χ1n) is 7.77. The lowest BCUT2D eigenvalue weighted by molar-refractivity contribution is -0.129. The van der Waals surface area contributed by atoms with Crippen LogP contribution in [0.25, 0.3) is 0 Å². The summed E-state index contributed by atoms with van der Waals surface area (Å²) in [6.07, 6.45) is -0.994. The first-order valence-corrected chi connectivity index (χ1v) is 8.52. The molecule has 0 spiro atoms. The maximum atomic E-state index is 12.2. The van der Waals surface area contributed by atoms with Gasteiger partial charge in [0.15, 0.2) is 17.6 Å². The van der Waals surface area contributed by atoms with Gasteiger partial charge in [0, 0.05) is 6.54 Å². The van der Waals surface area contributed by atoms with Gasteiger partial charge in [-0.25, -0.2) is 4.79 Å². The van der Waals surface area contributed by atoms with Crippen LogP contribution in [0.4, 0.5) is 0 Å². The number of esters is 1.